The van der Waals surface area contributed by atoms with Crippen LogP contribution in [0.3, 0.4) is 0 Å². The van der Waals surface area contributed by atoms with E-state index < -0.39 is 17.8 Å². The van der Waals surface area contributed by atoms with Crippen molar-refractivity contribution in [3.05, 3.63) is 89.9 Å². The lowest BCUT2D eigenvalue weighted by molar-refractivity contribution is 0.100. The number of aromatic nitrogens is 2. The summed E-state index contributed by atoms with van der Waals surface area (Å²) in [5.74, 6) is -1.58. The maximum atomic E-state index is 14.7. The molecule has 1 unspecified atom stereocenters. The molecule has 2 aromatic heterocycles. The molecule has 0 fully saturated rings. The highest BCUT2D eigenvalue weighted by atomic mass is 19.1. The maximum Gasteiger partial charge on any atom is 0.252 e. The molecule has 1 amide bonds. The quantitative estimate of drug-likeness (QED) is 0.364. The number of halogens is 1. The summed E-state index contributed by atoms with van der Waals surface area (Å²) in [5, 5.41) is 16.6. The molecule has 5 N–H and O–H groups in total. The molecule has 0 bridgehead atoms. The summed E-state index contributed by atoms with van der Waals surface area (Å²) in [6.07, 6.45) is 1.70. The van der Waals surface area contributed by atoms with Gasteiger partial charge in [0.2, 0.25) is 0 Å². The number of rotatable bonds is 7. The van der Waals surface area contributed by atoms with E-state index in [-0.39, 0.29) is 23.8 Å². The number of aliphatic hydroxyl groups excluding tert-OH is 1. The number of aliphatic hydroxyl groups is 1. The van der Waals surface area contributed by atoms with Crippen molar-refractivity contribution in [2.45, 2.75) is 6.04 Å². The standard InChI is InChI=1S/C23H20FN5O2/c24-18-12-17(21(25)31)22(27-16-8-9-19-15(11-16)7-4-10-26-19)29-23(18)28-20(13-30)14-5-2-1-3-6-14/h1-12,20,30H,13H2,(H2,25,31)(H2,27,28,29). The van der Waals surface area contributed by atoms with E-state index >= 15 is 0 Å². The Morgan fingerprint density at radius 1 is 1.06 bits per heavy atom. The highest BCUT2D eigenvalue weighted by Gasteiger charge is 2.19. The van der Waals surface area contributed by atoms with Crippen LogP contribution in [0.5, 0.6) is 0 Å². The molecule has 8 heteroatoms. The van der Waals surface area contributed by atoms with Crippen molar-refractivity contribution in [3.8, 4) is 0 Å². The van der Waals surface area contributed by atoms with E-state index in [1.807, 2.05) is 54.6 Å². The molecule has 2 aromatic carbocycles. The second-order valence-corrected chi connectivity index (χ2v) is 6.91. The Morgan fingerprint density at radius 2 is 1.87 bits per heavy atom. The van der Waals surface area contributed by atoms with Crippen LogP contribution in [-0.2, 0) is 0 Å². The van der Waals surface area contributed by atoms with E-state index in [9.17, 15) is 14.3 Å². The Kier molecular flexibility index (Phi) is 5.72. The second kappa shape index (κ2) is 8.76. The summed E-state index contributed by atoms with van der Waals surface area (Å²) in [6, 6.07) is 18.7. The number of nitrogens with one attached hydrogen (secondary N) is 2. The van der Waals surface area contributed by atoms with Gasteiger partial charge in [-0.25, -0.2) is 9.37 Å². The molecule has 0 radical (unpaired) electrons. The monoisotopic (exact) mass is 417 g/mol. The lowest BCUT2D eigenvalue weighted by Gasteiger charge is -2.19. The molecule has 4 rings (SSSR count). The molecule has 0 saturated heterocycles. The highest BCUT2D eigenvalue weighted by Crippen LogP contribution is 2.27. The maximum absolute atomic E-state index is 14.7. The van der Waals surface area contributed by atoms with Crippen LogP contribution < -0.4 is 16.4 Å². The van der Waals surface area contributed by atoms with Gasteiger partial charge in [0.25, 0.3) is 5.91 Å². The number of primary amides is 1. The van der Waals surface area contributed by atoms with Crippen LogP contribution in [0.2, 0.25) is 0 Å². The van der Waals surface area contributed by atoms with Crippen LogP contribution >= 0.6 is 0 Å². The van der Waals surface area contributed by atoms with Crippen LogP contribution in [0.25, 0.3) is 10.9 Å². The number of carbonyl (C=O) groups is 1. The number of pyridine rings is 2. The number of nitrogens with two attached hydrogens (primary N) is 1. The van der Waals surface area contributed by atoms with E-state index in [1.165, 1.54) is 0 Å². The topological polar surface area (TPSA) is 113 Å². The van der Waals surface area contributed by atoms with Crippen molar-refractivity contribution < 1.29 is 14.3 Å². The van der Waals surface area contributed by atoms with Crippen molar-refractivity contribution in [2.24, 2.45) is 5.73 Å². The molecule has 156 valence electrons. The van der Waals surface area contributed by atoms with E-state index in [4.69, 9.17) is 5.73 Å². The largest absolute Gasteiger partial charge is 0.394 e. The molecular weight excluding hydrogens is 397 g/mol. The molecule has 2 heterocycles. The first-order valence-corrected chi connectivity index (χ1v) is 9.59. The van der Waals surface area contributed by atoms with E-state index in [1.54, 1.807) is 12.3 Å². The van der Waals surface area contributed by atoms with Crippen LogP contribution in [0.15, 0.2) is 72.9 Å². The van der Waals surface area contributed by atoms with E-state index in [2.05, 4.69) is 20.6 Å². The summed E-state index contributed by atoms with van der Waals surface area (Å²) in [6.45, 7) is -0.275. The van der Waals surface area contributed by atoms with Gasteiger partial charge in [0.1, 0.15) is 5.82 Å². The van der Waals surface area contributed by atoms with Gasteiger partial charge in [0.05, 0.1) is 23.7 Å². The summed E-state index contributed by atoms with van der Waals surface area (Å²) in [5.41, 5.74) is 7.56. The van der Waals surface area contributed by atoms with Gasteiger partial charge >= 0.3 is 0 Å². The smallest absolute Gasteiger partial charge is 0.252 e. The number of amides is 1. The third kappa shape index (κ3) is 4.44. The molecule has 0 aliphatic carbocycles. The fourth-order valence-corrected chi connectivity index (χ4v) is 3.25. The SMILES string of the molecule is NC(=O)c1cc(F)c(NC(CO)c2ccccc2)nc1Nc1ccc2ncccc2c1. The van der Waals surface area contributed by atoms with E-state index in [0.717, 1.165) is 22.5 Å². The predicted molar refractivity (Wildman–Crippen MR) is 118 cm³/mol. The minimum Gasteiger partial charge on any atom is -0.394 e. The lowest BCUT2D eigenvalue weighted by Crippen LogP contribution is -2.19. The van der Waals surface area contributed by atoms with Crippen LogP contribution in [0.1, 0.15) is 22.0 Å². The lowest BCUT2D eigenvalue weighted by atomic mass is 10.1. The first kappa shape index (κ1) is 20.2. The molecular formula is C23H20FN5O2. The first-order chi connectivity index (χ1) is 15.0. The Morgan fingerprint density at radius 3 is 2.61 bits per heavy atom. The van der Waals surface area contributed by atoms with Gasteiger partial charge in [-0.15, -0.1) is 0 Å². The normalized spacial score (nSPS) is 11.8. The molecule has 0 spiro atoms. The minimum atomic E-state index is -0.815. The number of benzene rings is 2. The average molecular weight is 417 g/mol. The average Bonchev–Trinajstić information content (AvgIpc) is 2.79. The fraction of sp³-hybridized carbons (Fsp3) is 0.0870. The number of fused-ring (bicyclic) bond motifs is 1. The molecule has 7 nitrogen and oxygen atoms in total. The second-order valence-electron chi connectivity index (χ2n) is 6.91. The fourth-order valence-electron chi connectivity index (χ4n) is 3.25. The van der Waals surface area contributed by atoms with Crippen molar-refractivity contribution in [1.29, 1.82) is 0 Å². The number of anilines is 3. The number of hydrogen-bond acceptors (Lipinski definition) is 6. The number of carbonyl (C=O) groups excluding carboxylic acids is 1. The summed E-state index contributed by atoms with van der Waals surface area (Å²) in [7, 11) is 0. The molecule has 31 heavy (non-hydrogen) atoms. The molecule has 1 atom stereocenters. The van der Waals surface area contributed by atoms with Gasteiger partial charge in [-0.2, -0.15) is 0 Å². The van der Waals surface area contributed by atoms with Crippen molar-refractivity contribution in [1.82, 2.24) is 9.97 Å². The number of nitrogens with zero attached hydrogens (tertiary/aromatic N) is 2. The van der Waals surface area contributed by atoms with E-state index in [0.29, 0.717) is 5.69 Å². The summed E-state index contributed by atoms with van der Waals surface area (Å²) >= 11 is 0. The third-order valence-corrected chi connectivity index (χ3v) is 4.80. The predicted octanol–water partition coefficient (Wildman–Crippen LogP) is 3.76. The molecule has 4 aromatic rings. The highest BCUT2D eigenvalue weighted by molar-refractivity contribution is 5.99. The van der Waals surface area contributed by atoms with Crippen LogP contribution in [0, 0.1) is 5.82 Å². The zero-order valence-electron chi connectivity index (χ0n) is 16.4. The summed E-state index contributed by atoms with van der Waals surface area (Å²) < 4.78 is 14.7. The van der Waals surface area contributed by atoms with Crippen LogP contribution in [-0.4, -0.2) is 27.6 Å². The first-order valence-electron chi connectivity index (χ1n) is 9.59. The molecule has 0 saturated carbocycles. The third-order valence-electron chi connectivity index (χ3n) is 4.80. The van der Waals surface area contributed by atoms with Crippen molar-refractivity contribution >= 4 is 34.1 Å². The Bertz CT molecular complexity index is 1230. The Hall–Kier alpha value is -4.04. The van der Waals surface area contributed by atoms with Crippen LogP contribution in [0.4, 0.5) is 21.7 Å². The van der Waals surface area contributed by atoms with Gasteiger partial charge in [-0.05, 0) is 35.9 Å². The van der Waals surface area contributed by atoms with Gasteiger partial charge in [0.15, 0.2) is 11.6 Å². The Balaban J connectivity index is 1.69. The number of hydrogen-bond donors (Lipinski definition) is 4. The van der Waals surface area contributed by atoms with Crippen molar-refractivity contribution in [2.75, 3.05) is 17.2 Å². The van der Waals surface area contributed by atoms with Crippen molar-refractivity contribution in [3.63, 3.8) is 0 Å². The zero-order chi connectivity index (χ0) is 21.8. The zero-order valence-corrected chi connectivity index (χ0v) is 16.4. The van der Waals surface area contributed by atoms with Gasteiger partial charge in [-0.3, -0.25) is 9.78 Å². The Labute approximate surface area is 177 Å². The molecule has 0 aliphatic heterocycles. The van der Waals surface area contributed by atoms with Gasteiger partial charge in [0, 0.05) is 17.3 Å². The van der Waals surface area contributed by atoms with Gasteiger partial charge in [-0.1, -0.05) is 36.4 Å². The summed E-state index contributed by atoms with van der Waals surface area (Å²) in [4.78, 5) is 20.4. The molecule has 0 aliphatic rings. The van der Waals surface area contributed by atoms with Gasteiger partial charge < -0.3 is 21.5 Å². The minimum absolute atomic E-state index is 0.0883.